The monoisotopic (exact) mass is 471 g/mol. The maximum Gasteiger partial charge on any atom is 0.341 e. The lowest BCUT2D eigenvalue weighted by molar-refractivity contribution is 0.0256. The third kappa shape index (κ3) is 4.02. The molecular formula is C22H20F3N7O2. The average molecular weight is 471 g/mol. The highest BCUT2D eigenvalue weighted by molar-refractivity contribution is 5.79. The van der Waals surface area contributed by atoms with Gasteiger partial charge < -0.3 is 15.4 Å². The molecule has 0 bridgehead atoms. The van der Waals surface area contributed by atoms with Crippen LogP contribution in [0.2, 0.25) is 0 Å². The molecule has 1 atom stereocenters. The zero-order chi connectivity index (χ0) is 24.0. The zero-order valence-electron chi connectivity index (χ0n) is 18.0. The van der Waals surface area contributed by atoms with Crippen molar-refractivity contribution in [3.63, 3.8) is 0 Å². The standard InChI is InChI=1S/C22H20F3N7O2/c1-30-19(8-21(26)29-30)17-7-20(16(25)9-27-17)34-15-10-31(11-15)22(33)32-18(2-3-28-32)12-4-13(23)6-14(24)5-12/h3-9,15,18H,2,10-11H2,1H3,(H2,26,29)/t18-/m0/s1. The van der Waals surface area contributed by atoms with E-state index in [1.54, 1.807) is 13.1 Å². The number of aromatic nitrogens is 3. The molecule has 176 valence electrons. The van der Waals surface area contributed by atoms with E-state index in [2.05, 4.69) is 15.2 Å². The lowest BCUT2D eigenvalue weighted by Crippen LogP contribution is -2.58. The third-order valence-corrected chi connectivity index (χ3v) is 5.69. The van der Waals surface area contributed by atoms with Gasteiger partial charge in [0.15, 0.2) is 11.6 Å². The van der Waals surface area contributed by atoms with Crippen LogP contribution in [0, 0.1) is 17.5 Å². The van der Waals surface area contributed by atoms with E-state index in [9.17, 15) is 18.0 Å². The summed E-state index contributed by atoms with van der Waals surface area (Å²) in [6.45, 7) is 0.398. The van der Waals surface area contributed by atoms with Crippen LogP contribution in [0.3, 0.4) is 0 Å². The quantitative estimate of drug-likeness (QED) is 0.630. The van der Waals surface area contributed by atoms with Crippen LogP contribution in [-0.2, 0) is 7.05 Å². The van der Waals surface area contributed by atoms with E-state index < -0.39 is 35.6 Å². The van der Waals surface area contributed by atoms with E-state index in [0.29, 0.717) is 29.2 Å². The number of halogens is 3. The van der Waals surface area contributed by atoms with E-state index in [0.717, 1.165) is 12.3 Å². The molecule has 3 aromatic rings. The molecule has 1 saturated heterocycles. The number of carbonyl (C=O) groups excluding carboxylic acids is 1. The highest BCUT2D eigenvalue weighted by Crippen LogP contribution is 2.32. The number of nitrogens with two attached hydrogens (primary N) is 1. The molecule has 5 rings (SSSR count). The van der Waals surface area contributed by atoms with Crippen LogP contribution in [0.4, 0.5) is 23.8 Å². The smallest absolute Gasteiger partial charge is 0.341 e. The van der Waals surface area contributed by atoms with E-state index in [-0.39, 0.29) is 18.8 Å². The maximum atomic E-state index is 14.3. The minimum absolute atomic E-state index is 0.00539. The fourth-order valence-electron chi connectivity index (χ4n) is 4.02. The maximum absolute atomic E-state index is 14.3. The van der Waals surface area contributed by atoms with Gasteiger partial charge in [0.2, 0.25) is 0 Å². The number of ether oxygens (including phenoxy) is 1. The van der Waals surface area contributed by atoms with Gasteiger partial charge >= 0.3 is 6.03 Å². The molecule has 12 heteroatoms. The number of hydrogen-bond acceptors (Lipinski definition) is 6. The van der Waals surface area contributed by atoms with Gasteiger partial charge in [-0.25, -0.2) is 23.0 Å². The molecule has 2 aliphatic heterocycles. The Kier molecular flexibility index (Phi) is 5.34. The molecule has 2 aliphatic rings. The van der Waals surface area contributed by atoms with Crippen molar-refractivity contribution in [2.75, 3.05) is 18.8 Å². The molecule has 1 fully saturated rings. The SMILES string of the molecule is Cn1nc(N)cc1-c1cc(OC2CN(C(=O)N3N=CC[C@H]3c3cc(F)cc(F)c3)C2)c(F)cn1. The first-order valence-corrected chi connectivity index (χ1v) is 10.5. The lowest BCUT2D eigenvalue weighted by atomic mass is 10.0. The highest BCUT2D eigenvalue weighted by atomic mass is 19.1. The number of pyridine rings is 1. The van der Waals surface area contributed by atoms with E-state index >= 15 is 0 Å². The van der Waals surface area contributed by atoms with E-state index in [4.69, 9.17) is 10.5 Å². The molecule has 2 N–H and O–H groups in total. The first kappa shape index (κ1) is 21.7. The van der Waals surface area contributed by atoms with Crippen molar-refractivity contribution in [1.82, 2.24) is 24.7 Å². The molecule has 9 nitrogen and oxygen atoms in total. The van der Waals surface area contributed by atoms with Gasteiger partial charge in [0.25, 0.3) is 0 Å². The number of nitrogen functional groups attached to an aromatic ring is 1. The van der Waals surface area contributed by atoms with Gasteiger partial charge in [-0.05, 0) is 17.7 Å². The van der Waals surface area contributed by atoms with Crippen molar-refractivity contribution in [2.24, 2.45) is 12.1 Å². The summed E-state index contributed by atoms with van der Waals surface area (Å²) in [6.07, 6.45) is 2.48. The normalized spacial score (nSPS) is 17.8. The predicted molar refractivity (Wildman–Crippen MR) is 116 cm³/mol. The summed E-state index contributed by atoms with van der Waals surface area (Å²) in [6, 6.07) is 5.18. The third-order valence-electron chi connectivity index (χ3n) is 5.69. The minimum atomic E-state index is -0.723. The molecule has 1 aromatic carbocycles. The van der Waals surface area contributed by atoms with Crippen LogP contribution in [-0.4, -0.2) is 56.1 Å². The van der Waals surface area contributed by atoms with Crippen molar-refractivity contribution >= 4 is 18.1 Å². The molecular weight excluding hydrogens is 451 g/mol. The van der Waals surface area contributed by atoms with Crippen LogP contribution in [0.5, 0.6) is 5.75 Å². The summed E-state index contributed by atoms with van der Waals surface area (Å²) in [5.41, 5.74) is 7.05. The highest BCUT2D eigenvalue weighted by Gasteiger charge is 2.39. The number of benzene rings is 1. The number of hydrazone groups is 1. The Morgan fingerprint density at radius 1 is 1.12 bits per heavy atom. The minimum Gasteiger partial charge on any atom is -0.483 e. The van der Waals surface area contributed by atoms with E-state index in [1.807, 2.05) is 0 Å². The number of aryl methyl sites for hydroxylation is 1. The van der Waals surface area contributed by atoms with Crippen LogP contribution >= 0.6 is 0 Å². The number of urea groups is 1. The first-order valence-electron chi connectivity index (χ1n) is 10.5. The lowest BCUT2D eigenvalue weighted by Gasteiger charge is -2.41. The molecule has 2 amide bonds. The summed E-state index contributed by atoms with van der Waals surface area (Å²) >= 11 is 0. The van der Waals surface area contributed by atoms with Crippen molar-refractivity contribution in [2.45, 2.75) is 18.6 Å². The second-order valence-electron chi connectivity index (χ2n) is 8.10. The van der Waals surface area contributed by atoms with Crippen LogP contribution in [0.1, 0.15) is 18.0 Å². The second kappa shape index (κ2) is 8.36. The van der Waals surface area contributed by atoms with Gasteiger partial charge in [0.1, 0.15) is 23.6 Å². The van der Waals surface area contributed by atoms with Crippen molar-refractivity contribution < 1.29 is 22.7 Å². The Balaban J connectivity index is 1.24. The van der Waals surface area contributed by atoms with Gasteiger partial charge in [-0.1, -0.05) is 0 Å². The first-order chi connectivity index (χ1) is 16.3. The van der Waals surface area contributed by atoms with Crippen molar-refractivity contribution in [3.8, 4) is 17.1 Å². The predicted octanol–water partition coefficient (Wildman–Crippen LogP) is 3.10. The number of likely N-dealkylation sites (tertiary alicyclic amines) is 1. The Hall–Kier alpha value is -4.09. The summed E-state index contributed by atoms with van der Waals surface area (Å²) in [5.74, 6) is -1.78. The fourth-order valence-corrected chi connectivity index (χ4v) is 4.02. The number of hydrogen-bond donors (Lipinski definition) is 1. The molecule has 0 aliphatic carbocycles. The van der Waals surface area contributed by atoms with Crippen molar-refractivity contribution in [3.05, 3.63) is 59.5 Å². The molecule has 34 heavy (non-hydrogen) atoms. The molecule has 0 spiro atoms. The Morgan fingerprint density at radius 3 is 2.53 bits per heavy atom. The average Bonchev–Trinajstić information content (AvgIpc) is 3.37. The molecule has 4 heterocycles. The Labute approximate surface area is 192 Å². The molecule has 2 aromatic heterocycles. The summed E-state index contributed by atoms with van der Waals surface area (Å²) in [4.78, 5) is 18.5. The van der Waals surface area contributed by atoms with Gasteiger partial charge in [0, 0.05) is 37.9 Å². The number of nitrogens with zero attached hydrogens (tertiary/aromatic N) is 6. The van der Waals surface area contributed by atoms with Crippen molar-refractivity contribution in [1.29, 1.82) is 0 Å². The number of rotatable bonds is 4. The number of amides is 2. The van der Waals surface area contributed by atoms with Gasteiger partial charge in [-0.3, -0.25) is 9.67 Å². The summed E-state index contributed by atoms with van der Waals surface area (Å²) < 4.78 is 48.9. The Bertz CT molecular complexity index is 1270. The number of carbonyl (C=O) groups is 1. The van der Waals surface area contributed by atoms with E-state index in [1.165, 1.54) is 39.0 Å². The number of anilines is 1. The van der Waals surface area contributed by atoms with Gasteiger partial charge in [-0.15, -0.1) is 0 Å². The summed E-state index contributed by atoms with van der Waals surface area (Å²) in [5, 5.41) is 9.33. The molecule has 0 unspecified atom stereocenters. The van der Waals surface area contributed by atoms with Crippen LogP contribution in [0.25, 0.3) is 11.4 Å². The van der Waals surface area contributed by atoms with Crippen LogP contribution in [0.15, 0.2) is 41.6 Å². The second-order valence-corrected chi connectivity index (χ2v) is 8.10. The summed E-state index contributed by atoms with van der Waals surface area (Å²) in [7, 11) is 1.69. The molecule has 0 radical (unpaired) electrons. The fraction of sp³-hybridized carbons (Fsp3) is 0.273. The largest absolute Gasteiger partial charge is 0.483 e. The van der Waals surface area contributed by atoms with Crippen LogP contribution < -0.4 is 10.5 Å². The Morgan fingerprint density at radius 2 is 1.85 bits per heavy atom. The topological polar surface area (TPSA) is 102 Å². The molecule has 0 saturated carbocycles. The van der Waals surface area contributed by atoms with Gasteiger partial charge in [-0.2, -0.15) is 10.2 Å². The van der Waals surface area contributed by atoms with Gasteiger partial charge in [0.05, 0.1) is 36.7 Å². The zero-order valence-corrected chi connectivity index (χ0v) is 18.0.